The smallest absolute Gasteiger partial charge is 0.308 e. The third-order valence-electron chi connectivity index (χ3n) is 7.63. The zero-order chi connectivity index (χ0) is 27.0. The Balaban J connectivity index is 1.16. The Labute approximate surface area is 230 Å². The summed E-state index contributed by atoms with van der Waals surface area (Å²) in [6, 6.07) is 8.27. The summed E-state index contributed by atoms with van der Waals surface area (Å²) in [6.45, 7) is 2.18. The number of β-amino-alcohol motifs (C(OH)–C–C–N with tert-alkyl or cyclic N) is 1. The minimum Gasteiger partial charge on any atom is -0.506 e. The highest BCUT2D eigenvalue weighted by Crippen LogP contribution is 2.42. The van der Waals surface area contributed by atoms with Crippen molar-refractivity contribution >= 4 is 35.1 Å². The van der Waals surface area contributed by atoms with Crippen LogP contribution in [0.3, 0.4) is 0 Å². The van der Waals surface area contributed by atoms with Gasteiger partial charge in [-0.1, -0.05) is 23.2 Å². The van der Waals surface area contributed by atoms with E-state index in [1.807, 2.05) is 18.2 Å². The van der Waals surface area contributed by atoms with Crippen molar-refractivity contribution in [2.75, 3.05) is 39.3 Å². The molecule has 0 saturated carbocycles. The van der Waals surface area contributed by atoms with Crippen LogP contribution >= 0.6 is 23.2 Å². The number of piperidine rings is 1. The molecule has 3 heterocycles. The highest BCUT2D eigenvalue weighted by Gasteiger charge is 2.42. The normalized spacial score (nSPS) is 21.2. The molecule has 2 fully saturated rings. The van der Waals surface area contributed by atoms with Crippen LogP contribution in [0.25, 0.3) is 0 Å². The molecule has 1 spiro atoms. The van der Waals surface area contributed by atoms with Crippen LogP contribution in [-0.4, -0.2) is 88.0 Å². The minimum atomic E-state index is -0.944. The van der Waals surface area contributed by atoms with E-state index in [1.54, 1.807) is 0 Å². The third kappa shape index (κ3) is 5.66. The van der Waals surface area contributed by atoms with Crippen LogP contribution in [0.4, 0.5) is 0 Å². The lowest BCUT2D eigenvalue weighted by atomic mass is 9.87. The lowest BCUT2D eigenvalue weighted by Crippen LogP contribution is -2.49. The van der Waals surface area contributed by atoms with Crippen LogP contribution in [0.2, 0.25) is 10.0 Å². The Morgan fingerprint density at radius 2 is 1.92 bits per heavy atom. The number of halogens is 2. The van der Waals surface area contributed by atoms with Gasteiger partial charge in [0.05, 0.1) is 16.5 Å². The fourth-order valence-electron chi connectivity index (χ4n) is 5.51. The fourth-order valence-corrected chi connectivity index (χ4v) is 5.87. The van der Waals surface area contributed by atoms with Gasteiger partial charge in [0.15, 0.2) is 0 Å². The number of likely N-dealkylation sites (tertiary alicyclic amines) is 2. The molecule has 9 nitrogen and oxygen atoms in total. The van der Waals surface area contributed by atoms with Gasteiger partial charge < -0.3 is 34.6 Å². The number of hydrogen-bond donors (Lipinski definition) is 3. The summed E-state index contributed by atoms with van der Waals surface area (Å²) < 4.78 is 12.1. The highest BCUT2D eigenvalue weighted by molar-refractivity contribution is 6.32. The number of rotatable bonds is 7. The molecule has 2 aromatic rings. The molecule has 204 valence electrons. The largest absolute Gasteiger partial charge is 0.506 e. The quantitative estimate of drug-likeness (QED) is 0.467. The van der Waals surface area contributed by atoms with Gasteiger partial charge in [-0.05, 0) is 36.2 Å². The maximum atomic E-state index is 13.1. The van der Waals surface area contributed by atoms with E-state index < -0.39 is 23.9 Å². The van der Waals surface area contributed by atoms with Gasteiger partial charge in [0.1, 0.15) is 35.6 Å². The molecule has 1 unspecified atom stereocenters. The number of carbonyl (C=O) groups is 2. The Morgan fingerprint density at radius 1 is 1.16 bits per heavy atom. The molecule has 3 N–H and O–H groups in total. The number of phenolic OH excluding ortho intramolecular Hbond substituents is 1. The Morgan fingerprint density at radius 3 is 2.63 bits per heavy atom. The van der Waals surface area contributed by atoms with Crippen molar-refractivity contribution in [2.24, 2.45) is 5.92 Å². The number of phenols is 1. The van der Waals surface area contributed by atoms with E-state index in [4.69, 9.17) is 32.7 Å². The molecule has 2 atom stereocenters. The first kappa shape index (κ1) is 26.9. The van der Waals surface area contributed by atoms with Crippen molar-refractivity contribution in [3.63, 3.8) is 0 Å². The van der Waals surface area contributed by atoms with E-state index in [0.717, 1.165) is 43.7 Å². The molecule has 38 heavy (non-hydrogen) atoms. The second-order valence-corrected chi connectivity index (χ2v) is 11.2. The van der Waals surface area contributed by atoms with Gasteiger partial charge >= 0.3 is 5.97 Å². The lowest BCUT2D eigenvalue weighted by Gasteiger charge is -2.39. The van der Waals surface area contributed by atoms with Gasteiger partial charge in [-0.15, -0.1) is 0 Å². The number of amides is 1. The van der Waals surface area contributed by atoms with Crippen molar-refractivity contribution in [1.29, 1.82) is 0 Å². The summed E-state index contributed by atoms with van der Waals surface area (Å²) in [5.74, 6) is -1.27. The maximum absolute atomic E-state index is 13.1. The van der Waals surface area contributed by atoms with Gasteiger partial charge in [-0.2, -0.15) is 0 Å². The van der Waals surface area contributed by atoms with Crippen molar-refractivity contribution in [3.8, 4) is 17.2 Å². The molecular weight excluding hydrogens is 535 g/mol. The van der Waals surface area contributed by atoms with E-state index in [1.165, 1.54) is 17.0 Å². The number of ether oxygens (including phenoxy) is 2. The van der Waals surface area contributed by atoms with Crippen LogP contribution in [-0.2, 0) is 11.2 Å². The predicted octanol–water partition coefficient (Wildman–Crippen LogP) is 3.46. The van der Waals surface area contributed by atoms with Gasteiger partial charge in [0.25, 0.3) is 5.91 Å². The second-order valence-electron chi connectivity index (χ2n) is 10.4. The van der Waals surface area contributed by atoms with Crippen LogP contribution in [0.1, 0.15) is 35.2 Å². The summed E-state index contributed by atoms with van der Waals surface area (Å²) in [6.07, 6.45) is 1.99. The number of carboxylic acid groups (broad SMARTS) is 1. The topological polar surface area (TPSA) is 120 Å². The number of aliphatic hydroxyl groups excluding tert-OH is 1. The van der Waals surface area contributed by atoms with Crippen LogP contribution in [0, 0.1) is 5.92 Å². The SMILES string of the molecule is O=C(O)C1CCN(C(=O)c2cc(Cl)c(O)cc2OC[C@@H](O)CN2CCC3(CC2)Cc2cc(Cl)ccc2O3)C1. The summed E-state index contributed by atoms with van der Waals surface area (Å²) in [4.78, 5) is 28.0. The standard InChI is InChI=1S/C27H30Cl2N2O7/c28-18-1-2-23-17(9-18)12-27(38-23)4-7-30(8-5-27)14-19(32)15-37-24-11-22(33)21(29)10-20(24)25(34)31-6-3-16(13-31)26(35)36/h1-2,9-11,16,19,32-33H,3-8,12-15H2,(H,35,36)/t16?,19-/m0/s1. The molecule has 0 aliphatic carbocycles. The van der Waals surface area contributed by atoms with E-state index in [-0.39, 0.29) is 40.8 Å². The van der Waals surface area contributed by atoms with Gasteiger partial charge in [0.2, 0.25) is 0 Å². The number of aromatic hydroxyl groups is 1. The Kier molecular flexibility index (Phi) is 7.64. The number of nitrogens with zero attached hydrogens (tertiary/aromatic N) is 2. The summed E-state index contributed by atoms with van der Waals surface area (Å²) in [5.41, 5.74) is 1.00. The number of carbonyl (C=O) groups excluding carboxylic acids is 1. The van der Waals surface area contributed by atoms with E-state index >= 15 is 0 Å². The summed E-state index contributed by atoms with van der Waals surface area (Å²) >= 11 is 12.2. The lowest BCUT2D eigenvalue weighted by molar-refractivity contribution is -0.141. The molecule has 11 heteroatoms. The first-order valence-electron chi connectivity index (χ1n) is 12.7. The molecule has 3 aliphatic heterocycles. The zero-order valence-corrected chi connectivity index (χ0v) is 22.2. The number of aliphatic hydroxyl groups is 1. The Bertz CT molecular complexity index is 1230. The van der Waals surface area contributed by atoms with Crippen LogP contribution in [0.15, 0.2) is 30.3 Å². The monoisotopic (exact) mass is 564 g/mol. The van der Waals surface area contributed by atoms with Gasteiger partial charge in [0, 0.05) is 63.1 Å². The van der Waals surface area contributed by atoms with Crippen molar-refractivity contribution in [2.45, 2.75) is 37.4 Å². The molecular formula is C27H30Cl2N2O7. The minimum absolute atomic E-state index is 0.0176. The molecule has 0 aromatic heterocycles. The summed E-state index contributed by atoms with van der Waals surface area (Å²) in [5, 5.41) is 30.7. The van der Waals surface area contributed by atoms with Crippen LogP contribution in [0.5, 0.6) is 17.2 Å². The number of fused-ring (bicyclic) bond motifs is 1. The van der Waals surface area contributed by atoms with Gasteiger partial charge in [-0.3, -0.25) is 9.59 Å². The summed E-state index contributed by atoms with van der Waals surface area (Å²) in [7, 11) is 0. The third-order valence-corrected chi connectivity index (χ3v) is 8.17. The fraction of sp³-hybridized carbons (Fsp3) is 0.481. The molecule has 2 aromatic carbocycles. The highest BCUT2D eigenvalue weighted by atomic mass is 35.5. The predicted molar refractivity (Wildman–Crippen MR) is 140 cm³/mol. The molecule has 3 aliphatic rings. The maximum Gasteiger partial charge on any atom is 0.308 e. The van der Waals surface area contributed by atoms with Crippen molar-refractivity contribution in [3.05, 3.63) is 51.5 Å². The molecule has 0 radical (unpaired) electrons. The first-order valence-corrected chi connectivity index (χ1v) is 13.4. The van der Waals surface area contributed by atoms with E-state index in [2.05, 4.69) is 4.90 Å². The average Bonchev–Trinajstić information content (AvgIpc) is 3.51. The van der Waals surface area contributed by atoms with Crippen molar-refractivity contribution < 1.29 is 34.4 Å². The van der Waals surface area contributed by atoms with E-state index in [9.17, 15) is 24.9 Å². The number of benzene rings is 2. The number of hydrogen-bond acceptors (Lipinski definition) is 7. The van der Waals surface area contributed by atoms with Crippen molar-refractivity contribution in [1.82, 2.24) is 9.80 Å². The van der Waals surface area contributed by atoms with Crippen LogP contribution < -0.4 is 9.47 Å². The zero-order valence-electron chi connectivity index (χ0n) is 20.7. The molecule has 5 rings (SSSR count). The first-order chi connectivity index (χ1) is 18.1. The molecule has 2 saturated heterocycles. The molecule has 0 bridgehead atoms. The van der Waals surface area contributed by atoms with Gasteiger partial charge in [-0.25, -0.2) is 0 Å². The van der Waals surface area contributed by atoms with E-state index in [0.29, 0.717) is 24.5 Å². The number of aliphatic carboxylic acids is 1. The Hall–Kier alpha value is -2.72. The number of carboxylic acids is 1. The molecule has 1 amide bonds. The average molecular weight is 565 g/mol. The second kappa shape index (κ2) is 10.8.